The molecule has 4 aromatic rings. The lowest BCUT2D eigenvalue weighted by atomic mass is 10.0. The highest BCUT2D eigenvalue weighted by molar-refractivity contribution is 6.00. The van der Waals surface area contributed by atoms with Gasteiger partial charge >= 0.3 is 0 Å². The van der Waals surface area contributed by atoms with E-state index in [-0.39, 0.29) is 18.1 Å². The van der Waals surface area contributed by atoms with Crippen molar-refractivity contribution in [2.75, 3.05) is 0 Å². The second kappa shape index (κ2) is 11.7. The van der Waals surface area contributed by atoms with Gasteiger partial charge in [0.1, 0.15) is 23.0 Å². The maximum atomic E-state index is 14.0. The summed E-state index contributed by atoms with van der Waals surface area (Å²) in [6.45, 7) is 8.81. The van der Waals surface area contributed by atoms with Crippen molar-refractivity contribution in [2.45, 2.75) is 59.2 Å². The van der Waals surface area contributed by atoms with E-state index in [1.807, 2.05) is 98.1 Å². The summed E-state index contributed by atoms with van der Waals surface area (Å²) in [6.07, 6.45) is 1.87. The molecule has 5 heteroatoms. The van der Waals surface area contributed by atoms with E-state index >= 15 is 0 Å². The number of rotatable bonds is 10. The highest BCUT2D eigenvalue weighted by Crippen LogP contribution is 2.32. The van der Waals surface area contributed by atoms with Gasteiger partial charge in [0.15, 0.2) is 0 Å². The van der Waals surface area contributed by atoms with E-state index in [4.69, 9.17) is 9.72 Å². The van der Waals surface area contributed by atoms with Crippen LogP contribution in [0.5, 0.6) is 5.75 Å². The van der Waals surface area contributed by atoms with Crippen LogP contribution in [0.2, 0.25) is 0 Å². The first kappa shape index (κ1) is 25.2. The average molecular weight is 482 g/mol. The molecule has 0 aliphatic heterocycles. The topological polar surface area (TPSA) is 56.1 Å². The van der Waals surface area contributed by atoms with Crippen LogP contribution in [0.1, 0.15) is 62.6 Å². The van der Waals surface area contributed by atoms with Crippen molar-refractivity contribution in [2.24, 2.45) is 0 Å². The summed E-state index contributed by atoms with van der Waals surface area (Å²) in [6, 6.07) is 28.0. The maximum absolute atomic E-state index is 14.0. The average Bonchev–Trinajstić information content (AvgIpc) is 3.29. The molecule has 0 aliphatic rings. The van der Waals surface area contributed by atoms with E-state index in [0.717, 1.165) is 41.1 Å². The number of nitrogens with zero attached hydrogens (tertiary/aromatic N) is 2. The first-order valence-electron chi connectivity index (χ1n) is 12.8. The molecule has 1 heterocycles. The summed E-state index contributed by atoms with van der Waals surface area (Å²) >= 11 is 0. The van der Waals surface area contributed by atoms with Crippen LogP contribution in [0.15, 0.2) is 84.9 Å². The molecule has 1 aromatic heterocycles. The van der Waals surface area contributed by atoms with Crippen LogP contribution in [0.25, 0.3) is 22.6 Å². The molecular weight excluding hydrogens is 446 g/mol. The molecule has 5 nitrogen and oxygen atoms in total. The molecule has 0 saturated heterocycles. The molecule has 0 aliphatic carbocycles. The van der Waals surface area contributed by atoms with Gasteiger partial charge in [0.2, 0.25) is 0 Å². The van der Waals surface area contributed by atoms with E-state index in [0.29, 0.717) is 17.9 Å². The number of aromatic nitrogens is 2. The molecule has 3 aromatic carbocycles. The molecule has 1 unspecified atom stereocenters. The van der Waals surface area contributed by atoms with E-state index in [1.165, 1.54) is 0 Å². The van der Waals surface area contributed by atoms with Gasteiger partial charge in [0, 0.05) is 17.7 Å². The number of amides is 1. The third kappa shape index (κ3) is 5.68. The third-order valence-corrected chi connectivity index (χ3v) is 6.09. The molecule has 1 amide bonds. The molecule has 0 radical (unpaired) electrons. The minimum atomic E-state index is -0.126. The lowest BCUT2D eigenvalue weighted by Crippen LogP contribution is -2.30. The van der Waals surface area contributed by atoms with Crippen molar-refractivity contribution in [3.63, 3.8) is 0 Å². The minimum absolute atomic E-state index is 0.0526. The predicted octanol–water partition coefficient (Wildman–Crippen LogP) is 7.30. The molecule has 36 heavy (non-hydrogen) atoms. The van der Waals surface area contributed by atoms with Gasteiger partial charge in [0.05, 0.1) is 12.1 Å². The Morgan fingerprint density at radius 2 is 1.58 bits per heavy atom. The fourth-order valence-corrected chi connectivity index (χ4v) is 4.51. The summed E-state index contributed by atoms with van der Waals surface area (Å²) in [7, 11) is 0. The number of ether oxygens (including phenoxy) is 1. The fourth-order valence-electron chi connectivity index (χ4n) is 4.51. The van der Waals surface area contributed by atoms with Crippen LogP contribution in [0.4, 0.5) is 0 Å². The monoisotopic (exact) mass is 481 g/mol. The van der Waals surface area contributed by atoms with E-state index in [1.54, 1.807) is 0 Å². The molecule has 0 spiro atoms. The van der Waals surface area contributed by atoms with Crippen molar-refractivity contribution in [1.29, 1.82) is 0 Å². The molecule has 1 atom stereocenters. The van der Waals surface area contributed by atoms with Gasteiger partial charge in [-0.15, -0.1) is 0 Å². The summed E-state index contributed by atoms with van der Waals surface area (Å²) in [5.41, 5.74) is 4.16. The van der Waals surface area contributed by atoms with E-state index in [9.17, 15) is 4.79 Å². The van der Waals surface area contributed by atoms with E-state index < -0.39 is 0 Å². The number of imidazole rings is 1. The highest BCUT2D eigenvalue weighted by atomic mass is 16.5. The Labute approximate surface area is 214 Å². The second-order valence-corrected chi connectivity index (χ2v) is 9.16. The molecule has 4 rings (SSSR count). The largest absolute Gasteiger partial charge is 0.491 e. The SMILES string of the molecule is CCCC(NC(=O)c1c(-c2cccc(OC(C)C)c2)nc(-c2ccccc2)n1CC)c1ccccc1. The Hall–Kier alpha value is -3.86. The van der Waals surface area contributed by atoms with Gasteiger partial charge < -0.3 is 14.6 Å². The fraction of sp³-hybridized carbons (Fsp3) is 0.290. The molecular formula is C31H35N3O2. The van der Waals surface area contributed by atoms with Gasteiger partial charge in [-0.3, -0.25) is 4.79 Å². The first-order valence-corrected chi connectivity index (χ1v) is 12.8. The van der Waals surface area contributed by atoms with Gasteiger partial charge in [-0.1, -0.05) is 86.1 Å². The van der Waals surface area contributed by atoms with Crippen molar-refractivity contribution in [3.05, 3.63) is 96.2 Å². The van der Waals surface area contributed by atoms with Crippen LogP contribution >= 0.6 is 0 Å². The zero-order valence-corrected chi connectivity index (χ0v) is 21.6. The van der Waals surface area contributed by atoms with E-state index in [2.05, 4.69) is 24.4 Å². The molecule has 0 fully saturated rings. The van der Waals surface area contributed by atoms with Crippen LogP contribution in [-0.4, -0.2) is 21.6 Å². The number of benzene rings is 3. The van der Waals surface area contributed by atoms with Crippen molar-refractivity contribution in [1.82, 2.24) is 14.9 Å². The minimum Gasteiger partial charge on any atom is -0.491 e. The summed E-state index contributed by atoms with van der Waals surface area (Å²) in [5, 5.41) is 3.32. The summed E-state index contributed by atoms with van der Waals surface area (Å²) in [5.74, 6) is 1.41. The zero-order chi connectivity index (χ0) is 25.5. The highest BCUT2D eigenvalue weighted by Gasteiger charge is 2.26. The maximum Gasteiger partial charge on any atom is 0.270 e. The Morgan fingerprint density at radius 1 is 0.917 bits per heavy atom. The normalized spacial score (nSPS) is 11.9. The number of carbonyl (C=O) groups excluding carboxylic acids is 1. The standard InChI is InChI=1S/C31H35N3O2/c1-5-14-27(23-15-9-7-10-16-23)32-31(35)29-28(25-19-13-20-26(21-25)36-22(3)4)33-30(34(29)6-2)24-17-11-8-12-18-24/h7-13,15-22,27H,5-6,14H2,1-4H3,(H,32,35). The Kier molecular flexibility index (Phi) is 8.21. The third-order valence-electron chi connectivity index (χ3n) is 6.09. The summed E-state index contributed by atoms with van der Waals surface area (Å²) < 4.78 is 7.96. The van der Waals surface area contributed by atoms with Gasteiger partial charge in [-0.05, 0) is 44.9 Å². The van der Waals surface area contributed by atoms with Crippen molar-refractivity contribution >= 4 is 5.91 Å². The first-order chi connectivity index (χ1) is 17.5. The van der Waals surface area contributed by atoms with Crippen LogP contribution < -0.4 is 10.1 Å². The Balaban J connectivity index is 1.83. The number of carbonyl (C=O) groups is 1. The summed E-state index contributed by atoms with van der Waals surface area (Å²) in [4.78, 5) is 19.0. The second-order valence-electron chi connectivity index (χ2n) is 9.16. The number of nitrogens with one attached hydrogen (secondary N) is 1. The number of hydrogen-bond donors (Lipinski definition) is 1. The van der Waals surface area contributed by atoms with Crippen molar-refractivity contribution < 1.29 is 9.53 Å². The smallest absolute Gasteiger partial charge is 0.270 e. The molecule has 0 saturated carbocycles. The predicted molar refractivity (Wildman–Crippen MR) is 146 cm³/mol. The van der Waals surface area contributed by atoms with Gasteiger partial charge in [-0.2, -0.15) is 0 Å². The Bertz CT molecular complexity index is 1280. The van der Waals surface area contributed by atoms with Crippen LogP contribution in [-0.2, 0) is 6.54 Å². The van der Waals surface area contributed by atoms with Gasteiger partial charge in [0.25, 0.3) is 5.91 Å². The number of hydrogen-bond acceptors (Lipinski definition) is 3. The lowest BCUT2D eigenvalue weighted by molar-refractivity contribution is 0.0926. The molecule has 0 bridgehead atoms. The molecule has 1 N–H and O–H groups in total. The Morgan fingerprint density at radius 3 is 2.22 bits per heavy atom. The molecule has 186 valence electrons. The van der Waals surface area contributed by atoms with Crippen LogP contribution in [0, 0.1) is 0 Å². The van der Waals surface area contributed by atoms with Crippen molar-refractivity contribution in [3.8, 4) is 28.4 Å². The quantitative estimate of drug-likeness (QED) is 0.259. The lowest BCUT2D eigenvalue weighted by Gasteiger charge is -2.20. The zero-order valence-electron chi connectivity index (χ0n) is 21.6. The van der Waals surface area contributed by atoms with Gasteiger partial charge in [-0.25, -0.2) is 4.98 Å². The van der Waals surface area contributed by atoms with Crippen LogP contribution in [0.3, 0.4) is 0 Å².